The van der Waals surface area contributed by atoms with Crippen molar-refractivity contribution in [1.82, 2.24) is 0 Å². The van der Waals surface area contributed by atoms with Gasteiger partial charge in [0.25, 0.3) is 0 Å². The zero-order chi connectivity index (χ0) is 30.5. The van der Waals surface area contributed by atoms with E-state index in [0.717, 1.165) is 50.1 Å². The number of fused-ring (bicyclic) bond motifs is 5. The number of nitrogens with zero attached hydrogens (tertiary/aromatic N) is 1. The van der Waals surface area contributed by atoms with Crippen molar-refractivity contribution in [3.8, 4) is 22.3 Å². The molecule has 216 valence electrons. The van der Waals surface area contributed by atoms with Crippen LogP contribution in [0.2, 0.25) is 0 Å². The summed E-state index contributed by atoms with van der Waals surface area (Å²) in [5.41, 5.74) is 9.77. The van der Waals surface area contributed by atoms with Gasteiger partial charge in [0, 0.05) is 33.1 Å². The highest BCUT2D eigenvalue weighted by molar-refractivity contribution is 6.09. The lowest BCUT2D eigenvalue weighted by atomic mass is 9.99. The fourth-order valence-corrected chi connectivity index (χ4v) is 6.79. The number of benzene rings is 8. The third kappa shape index (κ3) is 4.43. The summed E-state index contributed by atoms with van der Waals surface area (Å²) >= 11 is 0. The van der Waals surface area contributed by atoms with Crippen LogP contribution in [0.15, 0.2) is 180 Å². The lowest BCUT2D eigenvalue weighted by molar-refractivity contribution is 0.670. The number of rotatable bonds is 5. The maximum atomic E-state index is 6.37. The standard InChI is InChI=1S/C44H29NO/c1-2-12-33-28-35(23-22-30(33)10-1)34-14-7-15-37(29-34)45(42-20-8-13-31-11-3-4-16-38(31)42)36-26-24-32(25-27-36)39-18-9-19-41-40-17-5-6-21-43(40)46-44(39)41/h1-29H. The molecular weight excluding hydrogens is 558 g/mol. The monoisotopic (exact) mass is 587 g/mol. The first kappa shape index (κ1) is 26.3. The lowest BCUT2D eigenvalue weighted by Gasteiger charge is -2.27. The highest BCUT2D eigenvalue weighted by Crippen LogP contribution is 2.42. The zero-order valence-electron chi connectivity index (χ0n) is 25.1. The van der Waals surface area contributed by atoms with E-state index in [2.05, 4.69) is 169 Å². The van der Waals surface area contributed by atoms with E-state index in [1.54, 1.807) is 0 Å². The van der Waals surface area contributed by atoms with Gasteiger partial charge >= 0.3 is 0 Å². The molecule has 0 aliphatic heterocycles. The first-order chi connectivity index (χ1) is 22.8. The Labute approximate surface area is 267 Å². The molecule has 0 saturated heterocycles. The van der Waals surface area contributed by atoms with Crippen LogP contribution in [0.4, 0.5) is 17.1 Å². The average Bonchev–Trinajstić information content (AvgIpc) is 3.51. The van der Waals surface area contributed by atoms with Gasteiger partial charge in [-0.05, 0) is 75.3 Å². The molecule has 9 aromatic rings. The maximum absolute atomic E-state index is 6.37. The van der Waals surface area contributed by atoms with Gasteiger partial charge in [0.15, 0.2) is 0 Å². The summed E-state index contributed by atoms with van der Waals surface area (Å²) in [5, 5.41) is 7.19. The number of para-hydroxylation sites is 2. The average molecular weight is 588 g/mol. The second-order valence-corrected chi connectivity index (χ2v) is 11.8. The molecule has 2 heteroatoms. The van der Waals surface area contributed by atoms with Crippen molar-refractivity contribution in [2.24, 2.45) is 0 Å². The molecule has 1 aromatic heterocycles. The number of hydrogen-bond acceptors (Lipinski definition) is 2. The number of anilines is 3. The molecule has 9 rings (SSSR count). The summed E-state index contributed by atoms with van der Waals surface area (Å²) in [5.74, 6) is 0. The normalized spacial score (nSPS) is 11.5. The Hall–Kier alpha value is -6.12. The van der Waals surface area contributed by atoms with Crippen LogP contribution in [0.25, 0.3) is 65.7 Å². The van der Waals surface area contributed by atoms with Crippen molar-refractivity contribution in [2.45, 2.75) is 0 Å². The molecular formula is C44H29NO. The van der Waals surface area contributed by atoms with Crippen LogP contribution in [-0.2, 0) is 0 Å². The summed E-state index contributed by atoms with van der Waals surface area (Å²) in [6.45, 7) is 0. The lowest BCUT2D eigenvalue weighted by Crippen LogP contribution is -2.10. The van der Waals surface area contributed by atoms with E-state index in [4.69, 9.17) is 4.42 Å². The Morgan fingerprint density at radius 2 is 1.02 bits per heavy atom. The third-order valence-corrected chi connectivity index (χ3v) is 9.04. The Morgan fingerprint density at radius 1 is 0.370 bits per heavy atom. The van der Waals surface area contributed by atoms with Gasteiger partial charge in [-0.3, -0.25) is 0 Å². The maximum Gasteiger partial charge on any atom is 0.143 e. The van der Waals surface area contributed by atoms with E-state index in [-0.39, 0.29) is 0 Å². The minimum Gasteiger partial charge on any atom is -0.455 e. The van der Waals surface area contributed by atoms with Gasteiger partial charge in [0.1, 0.15) is 11.2 Å². The van der Waals surface area contributed by atoms with Gasteiger partial charge in [-0.25, -0.2) is 0 Å². The molecule has 2 nitrogen and oxygen atoms in total. The number of hydrogen-bond donors (Lipinski definition) is 0. The van der Waals surface area contributed by atoms with Crippen molar-refractivity contribution in [3.05, 3.63) is 176 Å². The Balaban J connectivity index is 1.19. The quantitative estimate of drug-likeness (QED) is 0.199. The molecule has 0 bridgehead atoms. The molecule has 0 atom stereocenters. The van der Waals surface area contributed by atoms with Gasteiger partial charge in [-0.15, -0.1) is 0 Å². The molecule has 0 N–H and O–H groups in total. The SMILES string of the molecule is c1cc(-c2ccc3ccccc3c2)cc(N(c2ccc(-c3cccc4c3oc3ccccc34)cc2)c2cccc3ccccc23)c1. The Bertz CT molecular complexity index is 2530. The molecule has 0 aliphatic rings. The van der Waals surface area contributed by atoms with Crippen molar-refractivity contribution in [2.75, 3.05) is 4.90 Å². The largest absolute Gasteiger partial charge is 0.455 e. The summed E-state index contributed by atoms with van der Waals surface area (Å²) in [6.07, 6.45) is 0. The molecule has 0 spiro atoms. The van der Waals surface area contributed by atoms with Crippen LogP contribution in [0.3, 0.4) is 0 Å². The third-order valence-electron chi connectivity index (χ3n) is 9.04. The van der Waals surface area contributed by atoms with Gasteiger partial charge in [0.05, 0.1) is 5.69 Å². The van der Waals surface area contributed by atoms with Gasteiger partial charge < -0.3 is 9.32 Å². The molecule has 0 amide bonds. The molecule has 0 aliphatic carbocycles. The molecule has 0 saturated carbocycles. The van der Waals surface area contributed by atoms with Crippen LogP contribution >= 0.6 is 0 Å². The van der Waals surface area contributed by atoms with Gasteiger partial charge in [-0.1, -0.05) is 133 Å². The zero-order valence-corrected chi connectivity index (χ0v) is 25.1. The van der Waals surface area contributed by atoms with Crippen LogP contribution in [0.5, 0.6) is 0 Å². The topological polar surface area (TPSA) is 16.4 Å². The van der Waals surface area contributed by atoms with Crippen LogP contribution in [0.1, 0.15) is 0 Å². The van der Waals surface area contributed by atoms with Crippen LogP contribution in [-0.4, -0.2) is 0 Å². The smallest absolute Gasteiger partial charge is 0.143 e. The van der Waals surface area contributed by atoms with E-state index < -0.39 is 0 Å². The van der Waals surface area contributed by atoms with Crippen molar-refractivity contribution < 1.29 is 4.42 Å². The van der Waals surface area contributed by atoms with E-state index in [0.29, 0.717) is 0 Å². The molecule has 46 heavy (non-hydrogen) atoms. The fraction of sp³-hybridized carbons (Fsp3) is 0. The minimum absolute atomic E-state index is 0.912. The first-order valence-electron chi connectivity index (χ1n) is 15.7. The Morgan fingerprint density at radius 3 is 1.91 bits per heavy atom. The van der Waals surface area contributed by atoms with Gasteiger partial charge in [-0.2, -0.15) is 0 Å². The van der Waals surface area contributed by atoms with Crippen LogP contribution in [0, 0.1) is 0 Å². The van der Waals surface area contributed by atoms with Crippen molar-refractivity contribution in [3.63, 3.8) is 0 Å². The predicted molar refractivity (Wildman–Crippen MR) is 194 cm³/mol. The summed E-state index contributed by atoms with van der Waals surface area (Å²) in [6, 6.07) is 62.8. The predicted octanol–water partition coefficient (Wildman–Crippen LogP) is 12.7. The van der Waals surface area contributed by atoms with Crippen molar-refractivity contribution in [1.29, 1.82) is 0 Å². The number of furan rings is 1. The van der Waals surface area contributed by atoms with Crippen LogP contribution < -0.4 is 4.90 Å². The second-order valence-electron chi connectivity index (χ2n) is 11.8. The Kier molecular flexibility index (Phi) is 6.17. The van der Waals surface area contributed by atoms with E-state index in [1.165, 1.54) is 32.7 Å². The highest BCUT2D eigenvalue weighted by Gasteiger charge is 2.17. The molecule has 8 aromatic carbocycles. The second kappa shape index (κ2) is 10.8. The summed E-state index contributed by atoms with van der Waals surface area (Å²) in [4.78, 5) is 2.37. The highest BCUT2D eigenvalue weighted by atomic mass is 16.3. The minimum atomic E-state index is 0.912. The molecule has 0 radical (unpaired) electrons. The van der Waals surface area contributed by atoms with E-state index in [9.17, 15) is 0 Å². The van der Waals surface area contributed by atoms with E-state index >= 15 is 0 Å². The van der Waals surface area contributed by atoms with Crippen molar-refractivity contribution >= 4 is 60.5 Å². The summed E-state index contributed by atoms with van der Waals surface area (Å²) < 4.78 is 6.37. The molecule has 1 heterocycles. The molecule has 0 unspecified atom stereocenters. The molecule has 0 fully saturated rings. The fourth-order valence-electron chi connectivity index (χ4n) is 6.79. The summed E-state index contributed by atoms with van der Waals surface area (Å²) in [7, 11) is 0. The van der Waals surface area contributed by atoms with Gasteiger partial charge in [0.2, 0.25) is 0 Å². The van der Waals surface area contributed by atoms with E-state index in [1.807, 2.05) is 12.1 Å². The first-order valence-corrected chi connectivity index (χ1v) is 15.7.